The van der Waals surface area contributed by atoms with Crippen LogP contribution in [0, 0.1) is 13.8 Å². The van der Waals surface area contributed by atoms with Crippen LogP contribution in [0.4, 0.5) is 0 Å². The lowest BCUT2D eigenvalue weighted by Crippen LogP contribution is -2.45. The maximum absolute atomic E-state index is 9.22. The Balaban J connectivity index is 0.000000325. The maximum Gasteiger partial charge on any atom is 0.231 e. The molecule has 0 aliphatic heterocycles. The predicted molar refractivity (Wildman–Crippen MR) is 55.3 cm³/mol. The van der Waals surface area contributed by atoms with Crippen LogP contribution in [0.2, 0.25) is 0 Å². The van der Waals surface area contributed by atoms with E-state index in [-0.39, 0.29) is 0 Å². The monoisotopic (exact) mass is 249 g/mol. The third-order valence-corrected chi connectivity index (χ3v) is 2.11. The smallest absolute Gasteiger partial charge is 0.231 e. The van der Waals surface area contributed by atoms with Gasteiger partial charge in [-0.05, 0) is 6.07 Å². The van der Waals surface area contributed by atoms with Crippen molar-refractivity contribution in [1.29, 1.82) is 0 Å². The van der Waals surface area contributed by atoms with Crippen molar-refractivity contribution in [3.63, 3.8) is 0 Å². The molecule has 1 rings (SSSR count). The van der Waals surface area contributed by atoms with Gasteiger partial charge in [0.15, 0.2) is 0 Å². The zero-order valence-electron chi connectivity index (χ0n) is 9.63. The molecule has 0 bridgehead atoms. The maximum atomic E-state index is 9.22. The van der Waals surface area contributed by atoms with Crippen molar-refractivity contribution < 1.29 is 26.7 Å². The second-order valence-corrected chi connectivity index (χ2v) is 4.01. The van der Waals surface area contributed by atoms with Gasteiger partial charge in [0.25, 0.3) is 0 Å². The fraction of sp³-hybridized carbons (Fsp3) is 0.444. The fourth-order valence-corrected chi connectivity index (χ4v) is 1.03. The first-order valence-electron chi connectivity index (χ1n) is 4.36. The van der Waals surface area contributed by atoms with Gasteiger partial charge in [0.2, 0.25) is 21.8 Å². The Bertz CT molecular complexity index is 409. The van der Waals surface area contributed by atoms with Crippen molar-refractivity contribution in [1.82, 2.24) is 0 Å². The average molecular weight is 249 g/mol. The van der Waals surface area contributed by atoms with Gasteiger partial charge in [-0.1, -0.05) is 0 Å². The Kier molecular flexibility index (Phi) is 5.94. The van der Waals surface area contributed by atoms with Crippen LogP contribution in [0.25, 0.3) is 0 Å². The van der Waals surface area contributed by atoms with Crippen LogP contribution in [-0.4, -0.2) is 27.2 Å². The van der Waals surface area contributed by atoms with Crippen LogP contribution in [0.5, 0.6) is 0 Å². The molecule has 16 heavy (non-hydrogen) atoms. The van der Waals surface area contributed by atoms with Gasteiger partial charge in [0.1, 0.15) is 7.11 Å². The van der Waals surface area contributed by atoms with Crippen LogP contribution in [0.3, 0.4) is 0 Å². The summed E-state index contributed by atoms with van der Waals surface area (Å²) in [6.45, 7) is 4.02. The molecule has 1 aromatic rings. The van der Waals surface area contributed by atoms with Crippen LogP contribution in [0.1, 0.15) is 11.4 Å². The van der Waals surface area contributed by atoms with Gasteiger partial charge in [-0.2, -0.15) is 0 Å². The highest BCUT2D eigenvalue weighted by molar-refractivity contribution is 7.80. The van der Waals surface area contributed by atoms with Crippen LogP contribution in [-0.2, 0) is 14.6 Å². The topological polar surface area (TPSA) is 79.5 Å². The van der Waals surface area contributed by atoms with Crippen molar-refractivity contribution in [3.05, 3.63) is 29.6 Å². The zero-order valence-corrected chi connectivity index (χ0v) is 10.4. The molecule has 1 aromatic heterocycles. The highest BCUT2D eigenvalue weighted by atomic mass is 32.3. The summed E-state index contributed by atoms with van der Waals surface area (Å²) in [5.74, 6) is 0. The van der Waals surface area contributed by atoms with Gasteiger partial charge in [0.05, 0.1) is 7.11 Å². The second-order valence-electron chi connectivity index (χ2n) is 2.86. The molecule has 0 amide bonds. The number of nitrogens with zero attached hydrogens (tertiary/aromatic N) is 1. The number of aromatic nitrogens is 1. The van der Waals surface area contributed by atoms with E-state index >= 15 is 0 Å². The average Bonchev–Trinajstić information content (AvgIpc) is 2.18. The summed E-state index contributed by atoms with van der Waals surface area (Å²) in [7, 11) is -1.94. The minimum atomic E-state index is -4.41. The number of rotatable bonds is 2. The largest absolute Gasteiger partial charge is 0.726 e. The zero-order chi connectivity index (χ0) is 12.8. The van der Waals surface area contributed by atoms with Crippen LogP contribution >= 0.6 is 0 Å². The van der Waals surface area contributed by atoms with E-state index in [0.717, 1.165) is 18.5 Å². The van der Waals surface area contributed by atoms with E-state index < -0.39 is 10.4 Å². The molecule has 7 heteroatoms. The van der Waals surface area contributed by atoms with E-state index in [1.807, 2.05) is 32.0 Å². The molecule has 1 heterocycles. The fourth-order valence-electron chi connectivity index (χ4n) is 1.03. The Labute approximate surface area is 95.3 Å². The van der Waals surface area contributed by atoms with E-state index in [2.05, 4.69) is 4.18 Å². The number of pyridine rings is 1. The Hall–Kier alpha value is -1.18. The van der Waals surface area contributed by atoms with E-state index in [9.17, 15) is 13.0 Å². The second kappa shape index (κ2) is 6.41. The lowest BCUT2D eigenvalue weighted by atomic mass is 10.3. The summed E-state index contributed by atoms with van der Waals surface area (Å²) in [5, 5.41) is 0. The highest BCUT2D eigenvalue weighted by Gasteiger charge is 2.07. The van der Waals surface area contributed by atoms with E-state index in [1.165, 1.54) is 0 Å². The van der Waals surface area contributed by atoms with Crippen molar-refractivity contribution in [2.75, 3.05) is 14.2 Å². The molecule has 6 nitrogen and oxygen atoms in total. The van der Waals surface area contributed by atoms with Crippen molar-refractivity contribution in [3.8, 4) is 0 Å². The normalized spacial score (nSPS) is 10.3. The summed E-state index contributed by atoms with van der Waals surface area (Å²) in [5.41, 5.74) is 2.23. The summed E-state index contributed by atoms with van der Waals surface area (Å²) in [6.07, 6.45) is 0. The Morgan fingerprint density at radius 1 is 1.19 bits per heavy atom. The quantitative estimate of drug-likeness (QED) is 0.410. The first kappa shape index (κ1) is 14.8. The molecule has 0 radical (unpaired) electrons. The van der Waals surface area contributed by atoms with Crippen LogP contribution < -0.4 is 9.57 Å². The first-order chi connectivity index (χ1) is 7.31. The highest BCUT2D eigenvalue weighted by Crippen LogP contribution is 1.91. The van der Waals surface area contributed by atoms with Gasteiger partial charge >= 0.3 is 0 Å². The molecule has 0 saturated carbocycles. The summed E-state index contributed by atoms with van der Waals surface area (Å²) >= 11 is 0. The molecular weight excluding hydrogens is 234 g/mol. The molecule has 0 spiro atoms. The molecule has 92 valence electrons. The third-order valence-electron chi connectivity index (χ3n) is 1.70. The molecule has 0 aliphatic carbocycles. The van der Waals surface area contributed by atoms with Gasteiger partial charge < -0.3 is 4.55 Å². The molecule has 0 aromatic carbocycles. The minimum Gasteiger partial charge on any atom is -0.726 e. The molecular formula is C9H15NO5S. The van der Waals surface area contributed by atoms with Crippen molar-refractivity contribution >= 4 is 10.4 Å². The van der Waals surface area contributed by atoms with Gasteiger partial charge in [-0.15, -0.1) is 0 Å². The van der Waals surface area contributed by atoms with E-state index in [1.54, 1.807) is 11.8 Å². The summed E-state index contributed by atoms with van der Waals surface area (Å²) < 4.78 is 32.8. The lowest BCUT2D eigenvalue weighted by molar-refractivity contribution is -0.893. The standard InChI is InChI=1S/C8H12NO.CH4O4S/c1-7-5-4-6-8(2)9(7)10-3;1-5-6(2,3)4/h4-6H,1-3H3;1H3,(H,2,3,4)/q+1;/p-1. The molecule has 0 atom stereocenters. The van der Waals surface area contributed by atoms with E-state index in [4.69, 9.17) is 4.84 Å². The SMILES string of the molecule is COS(=O)(=O)[O-].CO[n+]1c(C)cccc1C. The van der Waals surface area contributed by atoms with Gasteiger partial charge in [-0.25, -0.2) is 8.42 Å². The predicted octanol–water partition coefficient (Wildman–Crippen LogP) is -0.258. The molecule has 0 N–H and O–H groups in total. The first-order valence-corrected chi connectivity index (χ1v) is 5.69. The van der Waals surface area contributed by atoms with Gasteiger partial charge in [0, 0.05) is 30.7 Å². The van der Waals surface area contributed by atoms with Crippen molar-refractivity contribution in [2.24, 2.45) is 0 Å². The minimum absolute atomic E-state index is 0.808. The molecule has 0 saturated heterocycles. The molecule has 0 fully saturated rings. The number of aryl methyl sites for hydroxylation is 2. The van der Waals surface area contributed by atoms with E-state index in [0.29, 0.717) is 0 Å². The van der Waals surface area contributed by atoms with Gasteiger partial charge in [-0.3, -0.25) is 9.02 Å². The Morgan fingerprint density at radius 2 is 1.56 bits per heavy atom. The summed E-state index contributed by atoms with van der Waals surface area (Å²) in [4.78, 5) is 5.09. The lowest BCUT2D eigenvalue weighted by Gasteiger charge is -1.98. The Morgan fingerprint density at radius 3 is 1.75 bits per heavy atom. The van der Waals surface area contributed by atoms with Crippen molar-refractivity contribution in [2.45, 2.75) is 13.8 Å². The summed E-state index contributed by atoms with van der Waals surface area (Å²) in [6, 6.07) is 6.03. The molecule has 0 aliphatic rings. The number of hydrogen-bond donors (Lipinski definition) is 0. The van der Waals surface area contributed by atoms with Crippen LogP contribution in [0.15, 0.2) is 18.2 Å². The number of hydrogen-bond acceptors (Lipinski definition) is 5. The third kappa shape index (κ3) is 5.64. The molecule has 0 unspecified atom stereocenters.